The molecule has 0 atom stereocenters. The number of para-hydroxylation sites is 1. The second kappa shape index (κ2) is 6.37. The number of amides is 1. The molecular weight excluding hydrogens is 252 g/mol. The zero-order chi connectivity index (χ0) is 14.5. The minimum atomic E-state index is -0.0168. The molecular formula is C16H20N2O2. The van der Waals surface area contributed by atoms with Crippen LogP contribution in [0.4, 0.5) is 0 Å². The maximum Gasteiger partial charge on any atom is 0.240 e. The van der Waals surface area contributed by atoms with Gasteiger partial charge < -0.3 is 9.88 Å². The number of fused-ring (bicyclic) bond motifs is 1. The second-order valence-electron chi connectivity index (χ2n) is 4.93. The molecule has 0 saturated carbocycles. The number of nitrogens with one attached hydrogen (secondary N) is 1. The van der Waals surface area contributed by atoms with Crippen LogP contribution >= 0.6 is 0 Å². The molecule has 1 heterocycles. The summed E-state index contributed by atoms with van der Waals surface area (Å²) < 4.78 is 1.83. The lowest BCUT2D eigenvalue weighted by atomic mass is 10.1. The van der Waals surface area contributed by atoms with E-state index in [0.717, 1.165) is 30.0 Å². The Morgan fingerprint density at radius 3 is 2.70 bits per heavy atom. The molecule has 0 aliphatic rings. The highest BCUT2D eigenvalue weighted by atomic mass is 16.2. The van der Waals surface area contributed by atoms with Crippen molar-refractivity contribution in [1.29, 1.82) is 0 Å². The van der Waals surface area contributed by atoms with Crippen LogP contribution in [0.15, 0.2) is 30.5 Å². The summed E-state index contributed by atoms with van der Waals surface area (Å²) in [7, 11) is 0. The summed E-state index contributed by atoms with van der Waals surface area (Å²) >= 11 is 0. The molecule has 0 bridgehead atoms. The number of aromatic nitrogens is 1. The molecule has 0 unspecified atom stereocenters. The predicted molar refractivity (Wildman–Crippen MR) is 79.8 cm³/mol. The second-order valence-corrected chi connectivity index (χ2v) is 4.93. The van der Waals surface area contributed by atoms with Gasteiger partial charge in [-0.15, -0.1) is 0 Å². The highest BCUT2D eigenvalue weighted by Gasteiger charge is 2.11. The number of hydrogen-bond donors (Lipinski definition) is 1. The summed E-state index contributed by atoms with van der Waals surface area (Å²) in [5, 5.41) is 3.99. The molecule has 20 heavy (non-hydrogen) atoms. The van der Waals surface area contributed by atoms with Gasteiger partial charge in [-0.05, 0) is 25.0 Å². The molecule has 1 N–H and O–H groups in total. The largest absolute Gasteiger partial charge is 0.352 e. The van der Waals surface area contributed by atoms with Crippen LogP contribution in [0.1, 0.15) is 37.0 Å². The third kappa shape index (κ3) is 2.90. The monoisotopic (exact) mass is 272 g/mol. The molecule has 0 fully saturated rings. The molecule has 0 spiro atoms. The van der Waals surface area contributed by atoms with Crippen molar-refractivity contribution in [3.63, 3.8) is 0 Å². The normalized spacial score (nSPS) is 10.9. The van der Waals surface area contributed by atoms with Gasteiger partial charge >= 0.3 is 0 Å². The highest BCUT2D eigenvalue weighted by molar-refractivity contribution is 5.97. The van der Waals surface area contributed by atoms with E-state index in [2.05, 4.69) is 19.2 Å². The lowest BCUT2D eigenvalue weighted by Gasteiger charge is -2.15. The lowest BCUT2D eigenvalue weighted by Crippen LogP contribution is -2.36. The van der Waals surface area contributed by atoms with Crippen molar-refractivity contribution in [2.24, 2.45) is 0 Å². The Bertz CT molecular complexity index is 612. The van der Waals surface area contributed by atoms with Crippen LogP contribution in [0.25, 0.3) is 10.9 Å². The third-order valence-electron chi connectivity index (χ3n) is 3.61. The first-order valence-corrected chi connectivity index (χ1v) is 7.02. The zero-order valence-electron chi connectivity index (χ0n) is 11.9. The number of rotatable bonds is 6. The van der Waals surface area contributed by atoms with Gasteiger partial charge in [0.2, 0.25) is 5.91 Å². The van der Waals surface area contributed by atoms with E-state index in [1.807, 2.05) is 29.0 Å². The van der Waals surface area contributed by atoms with Gasteiger partial charge in [0.05, 0.1) is 5.52 Å². The Morgan fingerprint density at radius 1 is 1.30 bits per heavy atom. The summed E-state index contributed by atoms with van der Waals surface area (Å²) in [4.78, 5) is 23.2. The highest BCUT2D eigenvalue weighted by Crippen LogP contribution is 2.19. The van der Waals surface area contributed by atoms with E-state index < -0.39 is 0 Å². The number of carbonyl (C=O) groups excluding carboxylic acids is 2. The van der Waals surface area contributed by atoms with Gasteiger partial charge in [-0.25, -0.2) is 0 Å². The van der Waals surface area contributed by atoms with Gasteiger partial charge in [0, 0.05) is 23.2 Å². The summed E-state index contributed by atoms with van der Waals surface area (Å²) in [6.07, 6.45) is 4.53. The van der Waals surface area contributed by atoms with Crippen LogP contribution < -0.4 is 5.32 Å². The molecule has 1 amide bonds. The molecule has 4 heteroatoms. The molecule has 0 aliphatic carbocycles. The fourth-order valence-corrected chi connectivity index (χ4v) is 2.44. The zero-order valence-corrected chi connectivity index (χ0v) is 11.9. The maximum absolute atomic E-state index is 12.1. The minimum Gasteiger partial charge on any atom is -0.352 e. The molecule has 0 radical (unpaired) electrons. The van der Waals surface area contributed by atoms with Crippen molar-refractivity contribution in [1.82, 2.24) is 9.88 Å². The van der Waals surface area contributed by atoms with Gasteiger partial charge in [0.1, 0.15) is 6.54 Å². The fraction of sp³-hybridized carbons (Fsp3) is 0.375. The molecule has 4 nitrogen and oxygen atoms in total. The van der Waals surface area contributed by atoms with E-state index in [4.69, 9.17) is 0 Å². The average Bonchev–Trinajstić information content (AvgIpc) is 2.87. The number of carbonyl (C=O) groups is 2. The molecule has 0 aliphatic heterocycles. The van der Waals surface area contributed by atoms with Gasteiger partial charge in [-0.1, -0.05) is 26.0 Å². The number of aldehydes is 1. The standard InChI is InChI=1S/C16H20N2O2/c1-3-14(4-2)17-15(20)10-18-9-8-12-6-5-7-13(11-19)16(12)18/h5-9,11,14H,3-4,10H2,1-2H3,(H,17,20). The van der Waals surface area contributed by atoms with Crippen LogP contribution in [0.5, 0.6) is 0 Å². The predicted octanol–water partition coefficient (Wildman–Crippen LogP) is 2.76. The summed E-state index contributed by atoms with van der Waals surface area (Å²) in [6, 6.07) is 7.70. The van der Waals surface area contributed by atoms with Gasteiger partial charge in [0.25, 0.3) is 0 Å². The van der Waals surface area contributed by atoms with Crippen LogP contribution in [-0.2, 0) is 11.3 Å². The van der Waals surface area contributed by atoms with Gasteiger partial charge in [0.15, 0.2) is 6.29 Å². The molecule has 1 aromatic carbocycles. The first kappa shape index (κ1) is 14.3. The van der Waals surface area contributed by atoms with Crippen molar-refractivity contribution in [2.75, 3.05) is 0 Å². The molecule has 106 valence electrons. The van der Waals surface area contributed by atoms with E-state index >= 15 is 0 Å². The van der Waals surface area contributed by atoms with Crippen molar-refractivity contribution in [3.05, 3.63) is 36.0 Å². The van der Waals surface area contributed by atoms with Crippen molar-refractivity contribution < 1.29 is 9.59 Å². The van der Waals surface area contributed by atoms with E-state index in [1.54, 1.807) is 6.07 Å². The number of hydrogen-bond acceptors (Lipinski definition) is 2. The van der Waals surface area contributed by atoms with Gasteiger partial charge in [-0.2, -0.15) is 0 Å². The Hall–Kier alpha value is -2.10. The topological polar surface area (TPSA) is 51.1 Å². The van der Waals surface area contributed by atoms with Crippen LogP contribution in [0, 0.1) is 0 Å². The van der Waals surface area contributed by atoms with Crippen LogP contribution in [0.3, 0.4) is 0 Å². The summed E-state index contributed by atoms with van der Waals surface area (Å²) in [6.45, 7) is 4.36. The fourth-order valence-electron chi connectivity index (χ4n) is 2.44. The van der Waals surface area contributed by atoms with Crippen molar-refractivity contribution >= 4 is 23.1 Å². The van der Waals surface area contributed by atoms with E-state index in [1.165, 1.54) is 0 Å². The number of nitrogens with zero attached hydrogens (tertiary/aromatic N) is 1. The summed E-state index contributed by atoms with van der Waals surface area (Å²) in [5.74, 6) is -0.0168. The maximum atomic E-state index is 12.1. The molecule has 2 rings (SSSR count). The SMILES string of the molecule is CCC(CC)NC(=O)Cn1ccc2cccc(C=O)c21. The Labute approximate surface area is 118 Å². The van der Waals surface area contributed by atoms with Crippen LogP contribution in [0.2, 0.25) is 0 Å². The Balaban J connectivity index is 2.21. The molecule has 0 saturated heterocycles. The molecule has 1 aromatic heterocycles. The molecule has 2 aromatic rings. The van der Waals surface area contributed by atoms with E-state index in [0.29, 0.717) is 5.56 Å². The Kier molecular flexibility index (Phi) is 4.56. The smallest absolute Gasteiger partial charge is 0.240 e. The van der Waals surface area contributed by atoms with E-state index in [9.17, 15) is 9.59 Å². The van der Waals surface area contributed by atoms with Crippen LogP contribution in [-0.4, -0.2) is 22.8 Å². The Morgan fingerprint density at radius 2 is 2.05 bits per heavy atom. The lowest BCUT2D eigenvalue weighted by molar-refractivity contribution is -0.122. The summed E-state index contributed by atoms with van der Waals surface area (Å²) in [5.41, 5.74) is 1.44. The van der Waals surface area contributed by atoms with E-state index in [-0.39, 0.29) is 18.5 Å². The first-order valence-electron chi connectivity index (χ1n) is 7.02. The third-order valence-corrected chi connectivity index (χ3v) is 3.61. The minimum absolute atomic E-state index is 0.0168. The number of benzene rings is 1. The quantitative estimate of drug-likeness (QED) is 0.822. The van der Waals surface area contributed by atoms with Crippen molar-refractivity contribution in [3.8, 4) is 0 Å². The average molecular weight is 272 g/mol. The van der Waals surface area contributed by atoms with Gasteiger partial charge in [-0.3, -0.25) is 9.59 Å². The van der Waals surface area contributed by atoms with Crippen molar-refractivity contribution in [2.45, 2.75) is 39.3 Å². The first-order chi connectivity index (χ1) is 9.69.